The third-order valence-electron chi connectivity index (χ3n) is 6.49. The van der Waals surface area contributed by atoms with E-state index in [1.165, 1.54) is 175 Å². The molecule has 0 amide bonds. The van der Waals surface area contributed by atoms with Crippen LogP contribution in [0, 0.1) is 0 Å². The van der Waals surface area contributed by atoms with Gasteiger partial charge in [-0.3, -0.25) is 0 Å². The van der Waals surface area contributed by atoms with Crippen molar-refractivity contribution < 1.29 is 0 Å². The van der Waals surface area contributed by atoms with E-state index in [4.69, 9.17) is 0 Å². The quantitative estimate of drug-likeness (QED) is 0.327. The van der Waals surface area contributed by atoms with Gasteiger partial charge in [0.05, 0.1) is 0 Å². The maximum absolute atomic E-state index is 3.28. The van der Waals surface area contributed by atoms with E-state index in [1.54, 1.807) is 0 Å². The Hall–Kier alpha value is -0.240. The molecule has 6 heterocycles. The molecule has 6 heteroatoms. The molecule has 6 N–H and O–H groups in total. The number of nitrogens with one attached hydrogen (secondary N) is 6. The average molecular weight is 469 g/mol. The highest BCUT2D eigenvalue weighted by molar-refractivity contribution is 4.58. The molecule has 6 aliphatic rings. The lowest BCUT2D eigenvalue weighted by atomic mass is 10.2. The van der Waals surface area contributed by atoms with Crippen LogP contribution in [0.5, 0.6) is 0 Å². The molecule has 0 atom stereocenters. The summed E-state index contributed by atoms with van der Waals surface area (Å²) < 4.78 is 0. The van der Waals surface area contributed by atoms with Gasteiger partial charge in [0, 0.05) is 0 Å². The first-order valence-electron chi connectivity index (χ1n) is 14.7. The maximum Gasteiger partial charge on any atom is -0.00484 e. The molecule has 0 bridgehead atoms. The monoisotopic (exact) mass is 468 g/mol. The summed E-state index contributed by atoms with van der Waals surface area (Å²) in [7, 11) is 0. The summed E-state index contributed by atoms with van der Waals surface area (Å²) in [4.78, 5) is 0. The molecular formula is C27H60N6. The molecular weight excluding hydrogens is 408 g/mol. The molecule has 0 aromatic carbocycles. The molecule has 6 nitrogen and oxygen atoms in total. The van der Waals surface area contributed by atoms with E-state index in [2.05, 4.69) is 31.9 Å². The summed E-state index contributed by atoms with van der Waals surface area (Å²) in [5.74, 6) is 0. The fourth-order valence-electron chi connectivity index (χ4n) is 4.28. The third-order valence-corrected chi connectivity index (χ3v) is 6.49. The molecule has 33 heavy (non-hydrogen) atoms. The smallest absolute Gasteiger partial charge is 0.00484 e. The molecule has 0 aromatic heterocycles. The Morgan fingerprint density at radius 1 is 0.152 bits per heavy atom. The summed E-state index contributed by atoms with van der Waals surface area (Å²) in [5.41, 5.74) is 0. The van der Waals surface area contributed by atoms with E-state index < -0.39 is 0 Å². The van der Waals surface area contributed by atoms with Crippen molar-refractivity contribution in [2.75, 3.05) is 78.5 Å². The Kier molecular flexibility index (Phi) is 26.1. The summed E-state index contributed by atoms with van der Waals surface area (Å²) in [5, 5.41) is 19.5. The van der Waals surface area contributed by atoms with Crippen LogP contribution in [0.3, 0.4) is 0 Å². The molecule has 0 spiro atoms. The van der Waals surface area contributed by atoms with E-state index in [-0.39, 0.29) is 0 Å². The molecule has 0 aromatic rings. The second kappa shape index (κ2) is 28.0. The second-order valence-electron chi connectivity index (χ2n) is 9.80. The Morgan fingerprint density at radius 2 is 0.273 bits per heavy atom. The van der Waals surface area contributed by atoms with Gasteiger partial charge >= 0.3 is 0 Å². The van der Waals surface area contributed by atoms with Gasteiger partial charge in [0.15, 0.2) is 0 Å². The summed E-state index contributed by atoms with van der Waals surface area (Å²) in [6.07, 6.45) is 21.0. The fraction of sp³-hybridized carbons (Fsp3) is 1.00. The third kappa shape index (κ3) is 26.2. The molecule has 0 radical (unpaired) electrons. The minimum Gasteiger partial charge on any atom is -0.317 e. The highest BCUT2D eigenvalue weighted by Crippen LogP contribution is 1.97. The van der Waals surface area contributed by atoms with E-state index in [9.17, 15) is 0 Å². The minimum absolute atomic E-state index is 1.25. The van der Waals surface area contributed by atoms with Gasteiger partial charge in [-0.05, 0) is 156 Å². The summed E-state index contributed by atoms with van der Waals surface area (Å²) in [6, 6.07) is 0. The normalized spacial score (nSPS) is 24.0. The molecule has 6 saturated heterocycles. The van der Waals surface area contributed by atoms with E-state index in [0.717, 1.165) is 0 Å². The van der Waals surface area contributed by atoms with Crippen molar-refractivity contribution in [2.24, 2.45) is 0 Å². The Morgan fingerprint density at radius 3 is 0.333 bits per heavy atom. The summed E-state index contributed by atoms with van der Waals surface area (Å²) >= 11 is 0. The van der Waals surface area contributed by atoms with Crippen LogP contribution < -0.4 is 31.9 Å². The van der Waals surface area contributed by atoms with Gasteiger partial charge in [-0.15, -0.1) is 0 Å². The van der Waals surface area contributed by atoms with E-state index in [0.29, 0.717) is 0 Å². The highest BCUT2D eigenvalue weighted by Gasteiger charge is 1.96. The first kappa shape index (κ1) is 30.8. The van der Waals surface area contributed by atoms with Crippen molar-refractivity contribution in [3.8, 4) is 0 Å². The predicted molar refractivity (Wildman–Crippen MR) is 146 cm³/mol. The SMILES string of the molecule is C1CCNC1.C1CCNC1.C1CCNC1.C1CCNCC1.C1CCNCC1.C1CCNCC1. The lowest BCUT2D eigenvalue weighted by molar-refractivity contribution is 0.520. The van der Waals surface area contributed by atoms with Crippen molar-refractivity contribution in [3.63, 3.8) is 0 Å². The Balaban J connectivity index is 0.000000198. The van der Waals surface area contributed by atoms with Crippen molar-refractivity contribution in [3.05, 3.63) is 0 Å². The maximum atomic E-state index is 3.28. The fourth-order valence-corrected chi connectivity index (χ4v) is 4.28. The lowest BCUT2D eigenvalue weighted by Crippen LogP contribution is -2.21. The standard InChI is InChI=1S/3C5H11N.3C4H9N/c3*1-2-4-6-5-3-1;3*1-2-4-5-3-1/h3*6H,1-5H2;3*5H,1-4H2. The van der Waals surface area contributed by atoms with Gasteiger partial charge in [-0.2, -0.15) is 0 Å². The van der Waals surface area contributed by atoms with Gasteiger partial charge < -0.3 is 31.9 Å². The number of piperidine rings is 3. The van der Waals surface area contributed by atoms with Crippen LogP contribution in [0.25, 0.3) is 0 Å². The zero-order valence-corrected chi connectivity index (χ0v) is 22.1. The zero-order chi connectivity index (χ0) is 23.3. The van der Waals surface area contributed by atoms with Crippen molar-refractivity contribution >= 4 is 0 Å². The van der Waals surface area contributed by atoms with Crippen molar-refractivity contribution in [1.29, 1.82) is 0 Å². The van der Waals surface area contributed by atoms with E-state index in [1.807, 2.05) is 0 Å². The molecule has 6 aliphatic heterocycles. The highest BCUT2D eigenvalue weighted by atomic mass is 14.9. The van der Waals surface area contributed by atoms with Crippen molar-refractivity contribution in [1.82, 2.24) is 31.9 Å². The van der Waals surface area contributed by atoms with Crippen LogP contribution in [0.1, 0.15) is 96.3 Å². The Labute approximate surface area is 207 Å². The van der Waals surface area contributed by atoms with Gasteiger partial charge in [0.2, 0.25) is 0 Å². The Bertz CT molecular complexity index is 222. The average Bonchev–Trinajstić information content (AvgIpc) is 3.76. The van der Waals surface area contributed by atoms with Gasteiger partial charge in [0.25, 0.3) is 0 Å². The van der Waals surface area contributed by atoms with Gasteiger partial charge in [-0.25, -0.2) is 0 Å². The van der Waals surface area contributed by atoms with Gasteiger partial charge in [0.1, 0.15) is 0 Å². The minimum atomic E-state index is 1.25. The van der Waals surface area contributed by atoms with Gasteiger partial charge in [-0.1, -0.05) is 19.3 Å². The summed E-state index contributed by atoms with van der Waals surface area (Å²) in [6.45, 7) is 15.0. The molecule has 198 valence electrons. The first-order valence-corrected chi connectivity index (χ1v) is 14.7. The number of hydrogen-bond donors (Lipinski definition) is 6. The van der Waals surface area contributed by atoms with Crippen LogP contribution in [0.4, 0.5) is 0 Å². The molecule has 0 saturated carbocycles. The lowest BCUT2D eigenvalue weighted by Gasteiger charge is -2.08. The molecule has 6 rings (SSSR count). The number of rotatable bonds is 0. The first-order chi connectivity index (χ1) is 16.5. The number of hydrogen-bond acceptors (Lipinski definition) is 6. The molecule has 0 aliphatic carbocycles. The van der Waals surface area contributed by atoms with E-state index >= 15 is 0 Å². The van der Waals surface area contributed by atoms with Crippen LogP contribution in [-0.2, 0) is 0 Å². The largest absolute Gasteiger partial charge is 0.317 e. The predicted octanol–water partition coefficient (Wildman–Crippen LogP) is 3.39. The van der Waals surface area contributed by atoms with Crippen LogP contribution in [0.15, 0.2) is 0 Å². The van der Waals surface area contributed by atoms with Crippen LogP contribution in [-0.4, -0.2) is 78.5 Å². The van der Waals surface area contributed by atoms with Crippen LogP contribution in [0.2, 0.25) is 0 Å². The zero-order valence-electron chi connectivity index (χ0n) is 22.1. The molecule has 0 unspecified atom stereocenters. The second-order valence-corrected chi connectivity index (χ2v) is 9.80. The topological polar surface area (TPSA) is 72.2 Å². The molecule has 6 fully saturated rings. The van der Waals surface area contributed by atoms with Crippen molar-refractivity contribution in [2.45, 2.75) is 96.3 Å². The van der Waals surface area contributed by atoms with Crippen LogP contribution >= 0.6 is 0 Å².